The van der Waals surface area contributed by atoms with Gasteiger partial charge in [0, 0.05) is 6.54 Å². The van der Waals surface area contributed by atoms with Crippen LogP contribution in [0.25, 0.3) is 53.9 Å². The van der Waals surface area contributed by atoms with Gasteiger partial charge in [-0.05, 0) is 126 Å². The maximum absolute atomic E-state index is 3.30. The molecule has 114 heavy (non-hydrogen) atoms. The van der Waals surface area contributed by atoms with Gasteiger partial charge in [-0.25, -0.2) is 0 Å². The third-order valence-electron chi connectivity index (χ3n) is 15.4. The normalized spacial score (nSPS) is 11.0. The maximum Gasteiger partial charge on any atom is 1.00 e. The zero-order valence-corrected chi connectivity index (χ0v) is 88.4. The molecular formula is C111H172K2N-. The number of hydrogen-bond acceptors (Lipinski definition) is 1. The van der Waals surface area contributed by atoms with Crippen LogP contribution < -0.4 is 108 Å². The van der Waals surface area contributed by atoms with Crippen LogP contribution in [0.2, 0.25) is 0 Å². The number of benzene rings is 11. The summed E-state index contributed by atoms with van der Waals surface area (Å²) in [5, 5.41) is 13.2. The molecule has 1 nitrogen and oxygen atoms in total. The van der Waals surface area contributed by atoms with E-state index >= 15 is 0 Å². The third kappa shape index (κ3) is 73.0. The van der Waals surface area contributed by atoms with Gasteiger partial charge in [0.05, 0.1) is 0 Å². The molecule has 3 heteroatoms. The molecule has 0 fully saturated rings. The van der Waals surface area contributed by atoms with Crippen LogP contribution in [0.1, 0.15) is 310 Å². The van der Waals surface area contributed by atoms with Crippen molar-refractivity contribution in [2.45, 2.75) is 308 Å². The predicted octanol–water partition coefficient (Wildman–Crippen LogP) is 31.4. The topological polar surface area (TPSA) is 3.24 Å². The molecule has 0 unspecified atom stereocenters. The van der Waals surface area contributed by atoms with Gasteiger partial charge in [-0.1, -0.05) is 502 Å². The fraction of sp³-hybridized carbons (Fsp3) is 0.495. The van der Waals surface area contributed by atoms with E-state index in [-0.39, 0.29) is 110 Å². The minimum Gasteiger partial charge on any atom is -1.00 e. The Labute approximate surface area is 794 Å². The molecule has 0 spiro atoms. The van der Waals surface area contributed by atoms with Crippen LogP contribution >= 0.6 is 0 Å². The first-order valence-corrected chi connectivity index (χ1v) is 42.2. The Balaban J connectivity index is -0.000000286. The van der Waals surface area contributed by atoms with E-state index in [0.29, 0.717) is 48.7 Å². The van der Waals surface area contributed by atoms with E-state index in [1.807, 2.05) is 50.2 Å². The predicted molar refractivity (Wildman–Crippen MR) is 521 cm³/mol. The van der Waals surface area contributed by atoms with Gasteiger partial charge < -0.3 is 6.33 Å². The molecule has 11 aromatic carbocycles. The average Bonchev–Trinajstić information content (AvgIpc) is 0.805. The van der Waals surface area contributed by atoms with Gasteiger partial charge in [0.2, 0.25) is 0 Å². The molecule has 0 heterocycles. The third-order valence-corrected chi connectivity index (χ3v) is 15.4. The van der Waals surface area contributed by atoms with Gasteiger partial charge >= 0.3 is 103 Å². The van der Waals surface area contributed by atoms with Crippen LogP contribution in [0.15, 0.2) is 249 Å². The molecule has 0 saturated carbocycles. The van der Waals surface area contributed by atoms with Crippen LogP contribution in [0.5, 0.6) is 0 Å². The van der Waals surface area contributed by atoms with Crippen LogP contribution in [0.3, 0.4) is 0 Å². The summed E-state index contributed by atoms with van der Waals surface area (Å²) in [4.78, 5) is 2.26. The first kappa shape index (κ1) is 118. The molecular weight excluding hydrogens is 1430 g/mol. The number of anilines is 2. The molecule has 0 aliphatic rings. The number of fused-ring (bicyclic) bond motifs is 6. The fourth-order valence-corrected chi connectivity index (χ4v) is 7.79. The van der Waals surface area contributed by atoms with Crippen molar-refractivity contribution >= 4 is 65.2 Å². The summed E-state index contributed by atoms with van der Waals surface area (Å²) < 4.78 is 0. The van der Waals surface area contributed by atoms with Crippen LogP contribution in [-0.2, 0) is 5.41 Å². The van der Waals surface area contributed by atoms with Gasteiger partial charge in [-0.2, -0.15) is 48.5 Å². The van der Waals surface area contributed by atoms with Gasteiger partial charge in [0.15, 0.2) is 0 Å². The summed E-state index contributed by atoms with van der Waals surface area (Å²) in [6.45, 7) is 89.1. The van der Waals surface area contributed by atoms with Crippen molar-refractivity contribution < 1.29 is 104 Å². The van der Waals surface area contributed by atoms with Crippen molar-refractivity contribution in [1.82, 2.24) is 0 Å². The molecule has 0 atom stereocenters. The summed E-state index contributed by atoms with van der Waals surface area (Å²) in [6.07, 6.45) is 5.08. The first-order chi connectivity index (χ1) is 51.3. The van der Waals surface area contributed by atoms with Crippen LogP contribution in [0.4, 0.5) is 11.4 Å². The molecule has 0 amide bonds. The summed E-state index contributed by atoms with van der Waals surface area (Å²) >= 11 is 0. The Morgan fingerprint density at radius 1 is 0.237 bits per heavy atom. The minimum atomic E-state index is 0. The Hall–Kier alpha value is -4.21. The molecule has 0 saturated heterocycles. The molecule has 0 bridgehead atoms. The molecule has 11 aromatic rings. The molecule has 0 N–H and O–H groups in total. The SMILES string of the molecule is CC.CC(C)(C)C.CC(C)(C)C.CC(C)(C)C.CC(C)(C)C.CC(C)(C)CN(c1[c-]cccc1)c1[c-]cccc1.CC(C)(C)c1ccccc1.CCC(C)(C)C.CCC(C)(C)C.CCC(C)(C)C.CCC(C)(C)C.[H-].[K+].[K+].c1ccc2c(c1)ccc1ccccc12.c1ccc2cc3ccccc3cc2c1.c1ccc2ccccc2c1. The van der Waals surface area contributed by atoms with E-state index in [0.717, 1.165) is 17.9 Å². The second-order valence-corrected chi connectivity index (χ2v) is 42.3. The van der Waals surface area contributed by atoms with E-state index in [1.54, 1.807) is 0 Å². The van der Waals surface area contributed by atoms with E-state index in [9.17, 15) is 0 Å². The van der Waals surface area contributed by atoms with Crippen LogP contribution in [0, 0.1) is 60.9 Å². The number of rotatable bonds is 3. The number of hydrogen-bond donors (Lipinski definition) is 0. The van der Waals surface area contributed by atoms with Gasteiger partial charge in [0.1, 0.15) is 0 Å². The van der Waals surface area contributed by atoms with Gasteiger partial charge in [-0.15, -0.1) is 12.1 Å². The van der Waals surface area contributed by atoms with Crippen molar-refractivity contribution in [2.75, 3.05) is 11.4 Å². The Bertz CT molecular complexity index is 3690. The summed E-state index contributed by atoms with van der Waals surface area (Å²) in [7, 11) is 0. The monoisotopic (exact) mass is 1600 g/mol. The van der Waals surface area contributed by atoms with Crippen LogP contribution in [-0.4, -0.2) is 6.54 Å². The summed E-state index contributed by atoms with van der Waals surface area (Å²) in [5.41, 5.74) is 8.26. The van der Waals surface area contributed by atoms with E-state index in [4.69, 9.17) is 0 Å². The van der Waals surface area contributed by atoms with E-state index in [1.165, 1.54) is 85.1 Å². The van der Waals surface area contributed by atoms with Crippen molar-refractivity contribution in [2.24, 2.45) is 48.7 Å². The standard InChI is InChI=1S/C17H19N.2C14H10.C10H8.C10H14.4C6H14.4C5H12.C2H6.2K.H/c1-17(2,3)14-18(15-10-6-4-7-11-15)16-12-8-5-9-13-16;1-3-7-13-11(5-1)9-10-12-6-2-4-8-14(12)13;1-2-6-12-10-14-8-4-3-7-13(14)9-11(12)5-1;1-2-6-10-8-4-3-7-9(10)5-1;1-10(2,3)9-7-5-4-6-8-9;4*1-5-6(2,3)4;4*1-5(2,3)4;1-2;;;/h4-10,12H,14H2,1-3H3;2*1-10H;1-8H;4-8H,1-3H3;4*5H2,1-4H3;4*1-4H3;1-2H3;;;/q-2;;;;;;;;;;;;;;2*+1;-1. The van der Waals surface area contributed by atoms with E-state index in [2.05, 4.69) is 492 Å². The van der Waals surface area contributed by atoms with Gasteiger partial charge in [0.25, 0.3) is 0 Å². The number of para-hydroxylation sites is 2. The second kappa shape index (κ2) is 59.5. The number of nitrogens with zero attached hydrogens (tertiary/aromatic N) is 1. The second-order valence-electron chi connectivity index (χ2n) is 42.3. The smallest absolute Gasteiger partial charge is 1.00 e. The first-order valence-electron chi connectivity index (χ1n) is 42.2. The van der Waals surface area contributed by atoms with Crippen molar-refractivity contribution in [3.05, 3.63) is 266 Å². The average molecular weight is 1600 g/mol. The molecule has 0 radical (unpaired) electrons. The maximum atomic E-state index is 3.30. The zero-order chi connectivity index (χ0) is 87.0. The quantitative estimate of drug-likeness (QED) is 0.0738. The molecule has 0 aliphatic heterocycles. The Morgan fingerprint density at radius 3 is 0.614 bits per heavy atom. The molecule has 0 aliphatic carbocycles. The van der Waals surface area contributed by atoms with Crippen molar-refractivity contribution in [1.29, 1.82) is 0 Å². The Kier molecular flexibility index (Phi) is 61.7. The Morgan fingerprint density at radius 2 is 0.430 bits per heavy atom. The molecule has 624 valence electrons. The van der Waals surface area contributed by atoms with Crippen molar-refractivity contribution in [3.8, 4) is 0 Å². The van der Waals surface area contributed by atoms with Crippen molar-refractivity contribution in [3.63, 3.8) is 0 Å². The van der Waals surface area contributed by atoms with E-state index < -0.39 is 0 Å². The fourth-order valence-electron chi connectivity index (χ4n) is 7.79. The van der Waals surface area contributed by atoms with Gasteiger partial charge in [-0.3, -0.25) is 0 Å². The molecule has 0 aromatic heterocycles. The summed E-state index contributed by atoms with van der Waals surface area (Å²) in [6, 6.07) is 92.8. The minimum absolute atomic E-state index is 0. The largest absolute Gasteiger partial charge is 1.00 e. The zero-order valence-electron chi connectivity index (χ0n) is 83.2. The molecule has 11 rings (SSSR count). The summed E-state index contributed by atoms with van der Waals surface area (Å²) in [5.74, 6) is 0.